The number of ketones is 1. The van der Waals surface area contributed by atoms with E-state index in [9.17, 15) is 4.79 Å². The standard InChI is InChI=1S/C37H29Cl2N3O3S2/c1-44-27-18-14-24(15-19-27)37(23-8-4-3-5-9-23,25-16-20-28(45-2)21-17-25)47-29-11-6-10-26(22-29)41-36-42-35(40)34(46-36)33(43)32-30(38)12-7-13-31(32)39/h3-22H,40H2,1-2H3,(H,41,42). The smallest absolute Gasteiger partial charge is 0.209 e. The molecule has 236 valence electrons. The summed E-state index contributed by atoms with van der Waals surface area (Å²) in [6.45, 7) is 0. The number of nitrogens with two attached hydrogens (primary N) is 1. The number of halogens is 2. The van der Waals surface area contributed by atoms with Crippen molar-refractivity contribution in [3.63, 3.8) is 0 Å². The van der Waals surface area contributed by atoms with Crippen molar-refractivity contribution in [3.8, 4) is 11.5 Å². The van der Waals surface area contributed by atoms with Gasteiger partial charge in [0.15, 0.2) is 5.13 Å². The Hall–Kier alpha value is -4.47. The van der Waals surface area contributed by atoms with Crippen molar-refractivity contribution >= 4 is 68.7 Å². The van der Waals surface area contributed by atoms with E-state index in [0.29, 0.717) is 5.13 Å². The van der Waals surface area contributed by atoms with Crippen molar-refractivity contribution in [3.05, 3.63) is 159 Å². The number of nitrogen functional groups attached to an aromatic ring is 1. The number of carbonyl (C=O) groups is 1. The van der Waals surface area contributed by atoms with E-state index < -0.39 is 4.75 Å². The molecule has 5 aromatic carbocycles. The van der Waals surface area contributed by atoms with Crippen LogP contribution in [0, 0.1) is 0 Å². The van der Waals surface area contributed by atoms with Crippen LogP contribution in [0.2, 0.25) is 10.0 Å². The van der Waals surface area contributed by atoms with Gasteiger partial charge in [0.05, 0.1) is 34.6 Å². The van der Waals surface area contributed by atoms with Crippen molar-refractivity contribution in [2.24, 2.45) is 0 Å². The Bertz CT molecular complexity index is 1950. The van der Waals surface area contributed by atoms with Gasteiger partial charge in [-0.3, -0.25) is 4.79 Å². The monoisotopic (exact) mass is 697 g/mol. The summed E-state index contributed by atoms with van der Waals surface area (Å²) >= 11 is 15.5. The molecule has 0 amide bonds. The second kappa shape index (κ2) is 14.1. The third kappa shape index (κ3) is 6.68. The molecule has 6 aromatic rings. The molecule has 6 rings (SSSR count). The van der Waals surface area contributed by atoms with Crippen LogP contribution in [0.5, 0.6) is 11.5 Å². The zero-order valence-electron chi connectivity index (χ0n) is 25.4. The van der Waals surface area contributed by atoms with Crippen LogP contribution < -0.4 is 20.5 Å². The molecule has 0 saturated carbocycles. The number of benzene rings is 5. The van der Waals surface area contributed by atoms with Gasteiger partial charge in [-0.15, -0.1) is 11.8 Å². The number of aromatic nitrogens is 1. The number of thiazole rings is 1. The fourth-order valence-electron chi connectivity index (χ4n) is 5.32. The maximum absolute atomic E-state index is 13.3. The Morgan fingerprint density at radius 2 is 1.32 bits per heavy atom. The molecule has 0 bridgehead atoms. The van der Waals surface area contributed by atoms with Crippen molar-refractivity contribution < 1.29 is 14.3 Å². The number of nitrogens with zero attached hydrogens (tertiary/aromatic N) is 1. The molecule has 6 nitrogen and oxygen atoms in total. The molecule has 0 saturated heterocycles. The van der Waals surface area contributed by atoms with Gasteiger partial charge in [-0.1, -0.05) is 101 Å². The lowest BCUT2D eigenvalue weighted by atomic mass is 9.84. The van der Waals surface area contributed by atoms with Crippen molar-refractivity contribution in [1.29, 1.82) is 0 Å². The van der Waals surface area contributed by atoms with E-state index in [1.54, 1.807) is 44.2 Å². The Kier molecular flexibility index (Phi) is 9.75. The molecule has 1 heterocycles. The second-order valence-electron chi connectivity index (χ2n) is 10.4. The number of thioether (sulfide) groups is 1. The molecule has 0 aliphatic carbocycles. The van der Waals surface area contributed by atoms with E-state index >= 15 is 0 Å². The van der Waals surface area contributed by atoms with Crippen LogP contribution in [0.1, 0.15) is 31.9 Å². The first-order valence-corrected chi connectivity index (χ1v) is 16.9. The minimum Gasteiger partial charge on any atom is -0.497 e. The van der Waals surface area contributed by atoms with Gasteiger partial charge in [0.1, 0.15) is 22.2 Å². The highest BCUT2D eigenvalue weighted by atomic mass is 35.5. The van der Waals surface area contributed by atoms with Crippen LogP contribution in [0.25, 0.3) is 0 Å². The maximum Gasteiger partial charge on any atom is 0.209 e. The van der Waals surface area contributed by atoms with Crippen LogP contribution in [-0.4, -0.2) is 25.0 Å². The number of hydrogen-bond acceptors (Lipinski definition) is 8. The number of carbonyl (C=O) groups excluding carboxylic acids is 1. The fraction of sp³-hybridized carbons (Fsp3) is 0.0811. The van der Waals surface area contributed by atoms with Gasteiger partial charge in [-0.05, 0) is 71.3 Å². The van der Waals surface area contributed by atoms with E-state index in [1.807, 2.05) is 42.5 Å². The highest BCUT2D eigenvalue weighted by Gasteiger charge is 2.38. The molecule has 0 spiro atoms. The lowest BCUT2D eigenvalue weighted by Gasteiger charge is -2.35. The third-order valence-electron chi connectivity index (χ3n) is 7.58. The Labute approximate surface area is 291 Å². The summed E-state index contributed by atoms with van der Waals surface area (Å²) in [6.07, 6.45) is 0. The van der Waals surface area contributed by atoms with E-state index in [4.69, 9.17) is 38.4 Å². The zero-order valence-corrected chi connectivity index (χ0v) is 28.5. The first kappa shape index (κ1) is 32.5. The van der Waals surface area contributed by atoms with Crippen LogP contribution in [-0.2, 0) is 4.75 Å². The van der Waals surface area contributed by atoms with Crippen LogP contribution in [0.3, 0.4) is 0 Å². The minimum absolute atomic E-state index is 0.103. The maximum atomic E-state index is 13.3. The summed E-state index contributed by atoms with van der Waals surface area (Å²) in [4.78, 5) is 19.0. The van der Waals surface area contributed by atoms with Gasteiger partial charge in [0.2, 0.25) is 5.78 Å². The zero-order chi connectivity index (χ0) is 33.0. The highest BCUT2D eigenvalue weighted by molar-refractivity contribution is 8.00. The first-order chi connectivity index (χ1) is 22.8. The lowest BCUT2D eigenvalue weighted by Crippen LogP contribution is -2.25. The van der Waals surface area contributed by atoms with Crippen molar-refractivity contribution in [2.45, 2.75) is 9.64 Å². The predicted octanol–water partition coefficient (Wildman–Crippen LogP) is 10.1. The number of ether oxygens (including phenoxy) is 2. The minimum atomic E-state index is -0.641. The van der Waals surface area contributed by atoms with Gasteiger partial charge in [0.25, 0.3) is 0 Å². The summed E-state index contributed by atoms with van der Waals surface area (Å²) in [6, 6.07) is 39.7. The molecule has 3 N–H and O–H groups in total. The van der Waals surface area contributed by atoms with Crippen LogP contribution in [0.4, 0.5) is 16.6 Å². The van der Waals surface area contributed by atoms with Crippen LogP contribution in [0.15, 0.2) is 126 Å². The van der Waals surface area contributed by atoms with Gasteiger partial charge in [-0.2, -0.15) is 0 Å². The van der Waals surface area contributed by atoms with E-state index in [2.05, 4.69) is 71.0 Å². The quantitative estimate of drug-likeness (QED) is 0.0791. The SMILES string of the molecule is COc1ccc(C(Sc2cccc(Nc3nc(N)c(C(=O)c4c(Cl)cccc4Cl)s3)c2)(c2ccccc2)c2ccc(OC)cc2)cc1. The molecule has 0 aliphatic heterocycles. The van der Waals surface area contributed by atoms with Crippen molar-refractivity contribution in [2.75, 3.05) is 25.3 Å². The molecule has 0 fully saturated rings. The highest BCUT2D eigenvalue weighted by Crippen LogP contribution is 2.52. The fourth-order valence-corrected chi connectivity index (χ4v) is 8.18. The number of methoxy groups -OCH3 is 2. The molecule has 10 heteroatoms. The Balaban J connectivity index is 1.39. The molecular formula is C37H29Cl2N3O3S2. The first-order valence-electron chi connectivity index (χ1n) is 14.5. The normalized spacial score (nSPS) is 11.2. The van der Waals surface area contributed by atoms with Gasteiger partial charge in [0, 0.05) is 10.6 Å². The molecule has 0 aliphatic rings. The topological polar surface area (TPSA) is 86.5 Å². The number of hydrogen-bond donors (Lipinski definition) is 2. The van der Waals surface area contributed by atoms with E-state index in [0.717, 1.165) is 50.1 Å². The molecule has 47 heavy (non-hydrogen) atoms. The summed E-state index contributed by atoms with van der Waals surface area (Å²) in [5, 5.41) is 4.32. The molecular weight excluding hydrogens is 669 g/mol. The largest absolute Gasteiger partial charge is 0.497 e. The third-order valence-corrected chi connectivity index (χ3v) is 10.7. The Morgan fingerprint density at radius 3 is 1.89 bits per heavy atom. The average molecular weight is 699 g/mol. The summed E-state index contributed by atoms with van der Waals surface area (Å²) in [7, 11) is 3.33. The molecule has 1 aromatic heterocycles. The van der Waals surface area contributed by atoms with Crippen molar-refractivity contribution in [1.82, 2.24) is 4.98 Å². The number of anilines is 3. The molecule has 0 unspecified atom stereocenters. The number of nitrogens with one attached hydrogen (secondary N) is 1. The predicted molar refractivity (Wildman–Crippen MR) is 194 cm³/mol. The van der Waals surface area contributed by atoms with E-state index in [1.165, 1.54) is 0 Å². The Morgan fingerprint density at radius 1 is 0.766 bits per heavy atom. The summed E-state index contributed by atoms with van der Waals surface area (Å²) in [5.41, 5.74) is 10.4. The molecule has 0 radical (unpaired) electrons. The average Bonchev–Trinajstić information content (AvgIpc) is 3.47. The second-order valence-corrected chi connectivity index (χ2v) is 13.5. The molecule has 0 atom stereocenters. The van der Waals surface area contributed by atoms with Gasteiger partial charge < -0.3 is 20.5 Å². The van der Waals surface area contributed by atoms with E-state index in [-0.39, 0.29) is 32.1 Å². The van der Waals surface area contributed by atoms with Crippen LogP contribution >= 0.6 is 46.3 Å². The van der Waals surface area contributed by atoms with Gasteiger partial charge in [-0.25, -0.2) is 4.98 Å². The summed E-state index contributed by atoms with van der Waals surface area (Å²) in [5.74, 6) is 1.28. The lowest BCUT2D eigenvalue weighted by molar-refractivity contribution is 0.104. The summed E-state index contributed by atoms with van der Waals surface area (Å²) < 4.78 is 10.4. The van der Waals surface area contributed by atoms with Gasteiger partial charge >= 0.3 is 0 Å². The number of rotatable bonds is 11.